The molecule has 0 aromatic heterocycles. The predicted molar refractivity (Wildman–Crippen MR) is 94.3 cm³/mol. The summed E-state index contributed by atoms with van der Waals surface area (Å²) in [6.07, 6.45) is 0. The van der Waals surface area contributed by atoms with Gasteiger partial charge in [-0.3, -0.25) is 24.6 Å². The standard InChI is InChI=1S/C16H15N3O7S/c1-7-6-27-15-10(14(21)18(15)11(7)16(22)23)17-13(20)8-4-3-5-9(26-2)12(8)19(24)25/h3-5,10,15H,6H2,1-2H3,(H,17,20)(H,22,23)/t10-,15-/m1/s1. The number of amides is 2. The lowest BCUT2D eigenvalue weighted by atomic mass is 10.0. The summed E-state index contributed by atoms with van der Waals surface area (Å²) < 4.78 is 4.93. The van der Waals surface area contributed by atoms with Gasteiger partial charge in [0.15, 0.2) is 5.75 Å². The van der Waals surface area contributed by atoms with Crippen molar-refractivity contribution < 1.29 is 29.2 Å². The number of rotatable bonds is 5. The minimum Gasteiger partial charge on any atom is -0.490 e. The van der Waals surface area contributed by atoms with Crippen molar-refractivity contribution in [1.29, 1.82) is 0 Å². The van der Waals surface area contributed by atoms with E-state index in [0.29, 0.717) is 11.3 Å². The zero-order chi connectivity index (χ0) is 19.9. The molecule has 0 aliphatic carbocycles. The predicted octanol–water partition coefficient (Wildman–Crippen LogP) is 0.975. The number of nitrogens with zero attached hydrogens (tertiary/aromatic N) is 2. The molecule has 142 valence electrons. The van der Waals surface area contributed by atoms with Crippen LogP contribution in [0.2, 0.25) is 0 Å². The van der Waals surface area contributed by atoms with E-state index in [1.807, 2.05) is 0 Å². The van der Waals surface area contributed by atoms with E-state index in [1.54, 1.807) is 6.92 Å². The molecule has 2 amide bonds. The third kappa shape index (κ3) is 2.99. The van der Waals surface area contributed by atoms with Crippen molar-refractivity contribution in [3.63, 3.8) is 0 Å². The number of benzene rings is 1. The van der Waals surface area contributed by atoms with Gasteiger partial charge >= 0.3 is 11.7 Å². The van der Waals surface area contributed by atoms with Crippen molar-refractivity contribution >= 4 is 35.2 Å². The number of para-hydroxylation sites is 1. The smallest absolute Gasteiger partial charge is 0.352 e. The molecule has 2 heterocycles. The average molecular weight is 393 g/mol. The highest BCUT2D eigenvalue weighted by Crippen LogP contribution is 2.40. The Morgan fingerprint density at radius 1 is 1.44 bits per heavy atom. The van der Waals surface area contributed by atoms with Crippen LogP contribution < -0.4 is 10.1 Å². The highest BCUT2D eigenvalue weighted by Gasteiger charge is 2.54. The van der Waals surface area contributed by atoms with Gasteiger partial charge in [0.25, 0.3) is 11.8 Å². The first kappa shape index (κ1) is 18.7. The monoisotopic (exact) mass is 393 g/mol. The molecule has 3 rings (SSSR count). The SMILES string of the molecule is COc1cccc(C(=O)N[C@@H]2C(=O)N3C(C(=O)O)=C(C)CS[C@H]23)c1[N+](=O)[O-]. The van der Waals surface area contributed by atoms with E-state index < -0.39 is 39.8 Å². The van der Waals surface area contributed by atoms with Crippen molar-refractivity contribution in [1.82, 2.24) is 10.2 Å². The number of nitro groups is 1. The molecule has 2 aliphatic heterocycles. The normalized spacial score (nSPS) is 21.3. The average Bonchev–Trinajstić information content (AvgIpc) is 2.64. The lowest BCUT2D eigenvalue weighted by molar-refractivity contribution is -0.386. The number of methoxy groups -OCH3 is 1. The topological polar surface area (TPSA) is 139 Å². The maximum absolute atomic E-state index is 12.6. The summed E-state index contributed by atoms with van der Waals surface area (Å²) in [6.45, 7) is 1.63. The molecule has 0 spiro atoms. The van der Waals surface area contributed by atoms with E-state index in [-0.39, 0.29) is 17.0 Å². The largest absolute Gasteiger partial charge is 0.490 e. The number of hydrogen-bond acceptors (Lipinski definition) is 7. The highest BCUT2D eigenvalue weighted by molar-refractivity contribution is 8.00. The first-order chi connectivity index (χ1) is 12.8. The van der Waals surface area contributed by atoms with Gasteiger partial charge in [-0.15, -0.1) is 11.8 Å². The summed E-state index contributed by atoms with van der Waals surface area (Å²) >= 11 is 1.32. The zero-order valence-corrected chi connectivity index (χ0v) is 15.1. The molecule has 0 radical (unpaired) electrons. The third-order valence-corrected chi connectivity index (χ3v) is 5.72. The van der Waals surface area contributed by atoms with Crippen molar-refractivity contribution in [2.45, 2.75) is 18.3 Å². The molecule has 0 unspecified atom stereocenters. The van der Waals surface area contributed by atoms with Crippen LogP contribution in [-0.2, 0) is 9.59 Å². The first-order valence-corrected chi connectivity index (χ1v) is 8.82. The van der Waals surface area contributed by atoms with Gasteiger partial charge in [0.2, 0.25) is 0 Å². The summed E-state index contributed by atoms with van der Waals surface area (Å²) in [5, 5.41) is 22.5. The van der Waals surface area contributed by atoms with Crippen LogP contribution in [0.25, 0.3) is 0 Å². The van der Waals surface area contributed by atoms with Gasteiger partial charge in [-0.05, 0) is 24.6 Å². The Kier molecular flexibility index (Phi) is 4.79. The van der Waals surface area contributed by atoms with Crippen LogP contribution in [0.4, 0.5) is 5.69 Å². The maximum Gasteiger partial charge on any atom is 0.352 e. The van der Waals surface area contributed by atoms with E-state index >= 15 is 0 Å². The Labute approximate surface area is 157 Å². The summed E-state index contributed by atoms with van der Waals surface area (Å²) in [5.74, 6) is -2.25. The Bertz CT molecular complexity index is 898. The molecule has 11 heteroatoms. The second kappa shape index (κ2) is 6.91. The first-order valence-electron chi connectivity index (χ1n) is 7.78. The number of carboxylic acid groups (broad SMARTS) is 1. The van der Waals surface area contributed by atoms with Gasteiger partial charge in [-0.2, -0.15) is 0 Å². The van der Waals surface area contributed by atoms with Crippen molar-refractivity contribution in [2.75, 3.05) is 12.9 Å². The van der Waals surface area contributed by atoms with Crippen LogP contribution in [0.3, 0.4) is 0 Å². The molecule has 2 N–H and O–H groups in total. The number of ether oxygens (including phenoxy) is 1. The molecule has 0 bridgehead atoms. The molecule has 1 aromatic carbocycles. The second-order valence-electron chi connectivity index (χ2n) is 5.91. The zero-order valence-electron chi connectivity index (χ0n) is 14.3. The van der Waals surface area contributed by atoms with Crippen molar-refractivity contribution in [3.8, 4) is 5.75 Å². The summed E-state index contributed by atoms with van der Waals surface area (Å²) in [5.41, 5.74) is -0.261. The minimum atomic E-state index is -1.21. The van der Waals surface area contributed by atoms with Crippen LogP contribution in [0.1, 0.15) is 17.3 Å². The minimum absolute atomic E-state index is 0.0759. The van der Waals surface area contributed by atoms with Gasteiger partial charge in [0.05, 0.1) is 12.0 Å². The lowest BCUT2D eigenvalue weighted by Crippen LogP contribution is -2.70. The molecule has 1 fully saturated rings. The molecule has 2 atom stereocenters. The van der Waals surface area contributed by atoms with E-state index in [1.165, 1.54) is 37.1 Å². The van der Waals surface area contributed by atoms with E-state index in [2.05, 4.69) is 5.32 Å². The number of carbonyl (C=O) groups is 3. The van der Waals surface area contributed by atoms with E-state index in [4.69, 9.17) is 4.74 Å². The Morgan fingerprint density at radius 3 is 2.74 bits per heavy atom. The number of β-lactam (4-membered cyclic amide) rings is 1. The number of nitro benzene ring substituents is 1. The number of fused-ring (bicyclic) bond motifs is 1. The molecule has 1 aromatic rings. The molecule has 1 saturated heterocycles. The number of hydrogen-bond donors (Lipinski definition) is 2. The van der Waals surface area contributed by atoms with Gasteiger partial charge in [0, 0.05) is 5.75 Å². The number of carbonyl (C=O) groups excluding carboxylic acids is 2. The second-order valence-corrected chi connectivity index (χ2v) is 7.01. The summed E-state index contributed by atoms with van der Waals surface area (Å²) in [4.78, 5) is 48.1. The number of carboxylic acids is 1. The van der Waals surface area contributed by atoms with Crippen LogP contribution >= 0.6 is 11.8 Å². The Morgan fingerprint density at radius 2 is 2.15 bits per heavy atom. The van der Waals surface area contributed by atoms with Gasteiger partial charge in [0.1, 0.15) is 22.7 Å². The fourth-order valence-electron chi connectivity index (χ4n) is 3.05. The fraction of sp³-hybridized carbons (Fsp3) is 0.312. The molecule has 2 aliphatic rings. The Hall–Kier alpha value is -3.08. The van der Waals surface area contributed by atoms with Crippen molar-refractivity contribution in [2.24, 2.45) is 0 Å². The van der Waals surface area contributed by atoms with Gasteiger partial charge in [-0.25, -0.2) is 4.79 Å². The summed E-state index contributed by atoms with van der Waals surface area (Å²) in [7, 11) is 1.25. The molecule has 10 nitrogen and oxygen atoms in total. The van der Waals surface area contributed by atoms with Crippen LogP contribution in [0, 0.1) is 10.1 Å². The Balaban J connectivity index is 1.85. The molecule has 0 saturated carbocycles. The van der Waals surface area contributed by atoms with Crippen LogP contribution in [0.5, 0.6) is 5.75 Å². The quantitative estimate of drug-likeness (QED) is 0.429. The number of nitrogens with one attached hydrogen (secondary N) is 1. The van der Waals surface area contributed by atoms with Crippen LogP contribution in [0.15, 0.2) is 29.5 Å². The van der Waals surface area contributed by atoms with Gasteiger partial charge < -0.3 is 15.2 Å². The van der Waals surface area contributed by atoms with Crippen molar-refractivity contribution in [3.05, 3.63) is 45.1 Å². The highest BCUT2D eigenvalue weighted by atomic mass is 32.2. The molecule has 27 heavy (non-hydrogen) atoms. The van der Waals surface area contributed by atoms with Crippen LogP contribution in [-0.4, -0.2) is 57.0 Å². The molecular weight excluding hydrogens is 378 g/mol. The van der Waals surface area contributed by atoms with Gasteiger partial charge in [-0.1, -0.05) is 6.07 Å². The molecular formula is C16H15N3O7S. The fourth-order valence-corrected chi connectivity index (χ4v) is 4.35. The maximum atomic E-state index is 12.6. The third-order valence-electron chi connectivity index (χ3n) is 4.29. The number of thioether (sulfide) groups is 1. The summed E-state index contributed by atoms with van der Waals surface area (Å²) in [6, 6.07) is 3.09. The number of aliphatic carboxylic acids is 1. The lowest BCUT2D eigenvalue weighted by Gasteiger charge is -2.49. The van der Waals surface area contributed by atoms with E-state index in [9.17, 15) is 29.6 Å². The van der Waals surface area contributed by atoms with E-state index in [0.717, 1.165) is 4.90 Å².